The molecule has 0 heterocycles. The van der Waals surface area contributed by atoms with Crippen molar-refractivity contribution in [3.8, 4) is 0 Å². The highest BCUT2D eigenvalue weighted by Crippen LogP contribution is 2.54. The molecule has 2 unspecified atom stereocenters. The summed E-state index contributed by atoms with van der Waals surface area (Å²) in [5.41, 5.74) is -11.9. The number of hydrogen-bond donors (Lipinski definition) is 2. The molecule has 1 amide bonds. The van der Waals surface area contributed by atoms with Gasteiger partial charge in [-0.3, -0.25) is 4.79 Å². The average Bonchev–Trinajstić information content (AvgIpc) is 3.15. The average molecular weight is 987 g/mol. The van der Waals surface area contributed by atoms with Gasteiger partial charge in [-0.15, -0.1) is 0 Å². The molecule has 1 fully saturated rings. The first-order valence-corrected chi connectivity index (χ1v) is 19.1. The molecule has 0 aromatic rings. The van der Waals surface area contributed by atoms with E-state index in [4.69, 9.17) is 18.9 Å². The van der Waals surface area contributed by atoms with Crippen molar-refractivity contribution in [2.75, 3.05) is 39.6 Å². The third-order valence-corrected chi connectivity index (χ3v) is 9.82. The van der Waals surface area contributed by atoms with E-state index in [9.17, 15) is 72.3 Å². The minimum atomic E-state index is -7.19. The van der Waals surface area contributed by atoms with Crippen LogP contribution in [0.5, 0.6) is 0 Å². The molecule has 66 heavy (non-hydrogen) atoms. The van der Waals surface area contributed by atoms with E-state index in [2.05, 4.69) is 44.6 Å². The van der Waals surface area contributed by atoms with E-state index >= 15 is 8.78 Å². The second-order valence-corrected chi connectivity index (χ2v) is 17.3. The predicted octanol–water partition coefficient (Wildman–Crippen LogP) is 7.60. The van der Waals surface area contributed by atoms with Crippen LogP contribution < -0.4 is 10.6 Å². The van der Waals surface area contributed by atoms with Crippen molar-refractivity contribution in [2.45, 2.75) is 127 Å². The van der Waals surface area contributed by atoms with E-state index in [1.807, 2.05) is 0 Å². The highest BCUT2D eigenvalue weighted by Gasteiger charge is 2.79. The van der Waals surface area contributed by atoms with E-state index in [1.165, 1.54) is 0 Å². The number of esters is 4. The number of hydrogen-bond acceptors (Lipinski definition) is 13. The lowest BCUT2D eigenvalue weighted by atomic mass is 9.67. The Labute approximate surface area is 369 Å². The molecule has 0 saturated heterocycles. The summed E-state index contributed by atoms with van der Waals surface area (Å²) in [7, 11) is 0. The van der Waals surface area contributed by atoms with Crippen molar-refractivity contribution in [3.05, 3.63) is 38.0 Å². The minimum absolute atomic E-state index is 0.0482. The Morgan fingerprint density at radius 1 is 0.591 bits per heavy atom. The summed E-state index contributed by atoms with van der Waals surface area (Å²) in [5.74, 6) is -22.1. The lowest BCUT2D eigenvalue weighted by molar-refractivity contribution is -0.480. The molecule has 380 valence electrons. The topological polar surface area (TPSA) is 174 Å². The van der Waals surface area contributed by atoms with Gasteiger partial charge in [0.25, 0.3) is 0 Å². The van der Waals surface area contributed by atoms with Gasteiger partial charge in [-0.05, 0) is 59.3 Å². The normalized spacial score (nSPS) is 18.9. The van der Waals surface area contributed by atoms with Gasteiger partial charge >= 0.3 is 66.1 Å². The number of alkyl halides is 13. The summed E-state index contributed by atoms with van der Waals surface area (Å²) in [6.45, 7) is 8.73. The third-order valence-electron chi connectivity index (χ3n) is 9.82. The summed E-state index contributed by atoms with van der Waals surface area (Å²) < 4.78 is 213. The molecule has 2 atom stereocenters. The molecule has 14 nitrogen and oxygen atoms in total. The van der Waals surface area contributed by atoms with Crippen LogP contribution in [0, 0.1) is 10.8 Å². The Hall–Kier alpha value is -4.66. The van der Waals surface area contributed by atoms with Crippen LogP contribution >= 0.6 is 0 Å². The molecule has 0 aromatic carbocycles. The van der Waals surface area contributed by atoms with Gasteiger partial charge in [-0.1, -0.05) is 33.6 Å². The van der Waals surface area contributed by atoms with Crippen LogP contribution in [0.2, 0.25) is 0 Å². The zero-order valence-corrected chi connectivity index (χ0v) is 36.6. The monoisotopic (exact) mass is 986 g/mol. The van der Waals surface area contributed by atoms with E-state index in [0.29, 0.717) is 6.42 Å². The van der Waals surface area contributed by atoms with Crippen LogP contribution in [-0.4, -0.2) is 128 Å². The number of rotatable bonds is 25. The minimum Gasteiger partial charge on any atom is -0.464 e. The molecule has 1 aliphatic carbocycles. The molecular formula is C39H51F13N2O12. The van der Waals surface area contributed by atoms with Gasteiger partial charge in [0.2, 0.25) is 0 Å². The van der Waals surface area contributed by atoms with Crippen LogP contribution in [0.4, 0.5) is 61.9 Å². The molecule has 27 heteroatoms. The van der Waals surface area contributed by atoms with Gasteiger partial charge in [-0.2, -0.15) is 57.1 Å². The van der Waals surface area contributed by atoms with Crippen LogP contribution in [0.1, 0.15) is 67.7 Å². The fourth-order valence-electron chi connectivity index (χ4n) is 6.35. The summed E-state index contributed by atoms with van der Waals surface area (Å²) in [6, 6.07) is -0.938. The second kappa shape index (κ2) is 21.1. The highest BCUT2D eigenvalue weighted by atomic mass is 19.4. The van der Waals surface area contributed by atoms with Gasteiger partial charge in [0.1, 0.15) is 43.0 Å². The van der Waals surface area contributed by atoms with Crippen LogP contribution in [0.25, 0.3) is 0 Å². The molecule has 2 N–H and O–H groups in total. The fraction of sp³-hybridized carbons (Fsp3) is 0.718. The summed E-state index contributed by atoms with van der Waals surface area (Å²) in [6.07, 6.45) is -19.2. The first-order chi connectivity index (χ1) is 29.5. The Morgan fingerprint density at radius 3 is 1.42 bits per heavy atom. The largest absolute Gasteiger partial charge is 0.464 e. The highest BCUT2D eigenvalue weighted by molar-refractivity contribution is 5.82. The predicted molar refractivity (Wildman–Crippen MR) is 200 cm³/mol. The Bertz CT molecular complexity index is 1730. The molecule has 0 aliphatic heterocycles. The Balaban J connectivity index is 3.11. The summed E-state index contributed by atoms with van der Waals surface area (Å²) in [5, 5.41) is 5.22. The van der Waals surface area contributed by atoms with Crippen molar-refractivity contribution in [2.24, 2.45) is 10.8 Å². The number of carbonyl (C=O) groups excluding carboxylic acids is 5. The van der Waals surface area contributed by atoms with E-state index < -0.39 is 153 Å². The van der Waals surface area contributed by atoms with Crippen molar-refractivity contribution >= 4 is 30.0 Å². The van der Waals surface area contributed by atoms with Gasteiger partial charge in [-0.25, -0.2) is 19.2 Å². The van der Waals surface area contributed by atoms with Gasteiger partial charge in [0, 0.05) is 29.8 Å². The standard InChI is InChI=1S/C39H51F13N2O12/c1-11-24(55)60-18-33(19-61-25(56)12-2,20-62-26(57)13-3)21-63-27(58)16-53-32(10)15-23(14-29(4,5)17-32)54-28(59)64-22-34(40,41)30(6,7)65-38(49,50)35(42,43)31(8,9)66-39(51,52)36(44,45)37(46,47)48/h11-13,23,53H,1-3,14-22H2,4-10H3,(H,54,59). The van der Waals surface area contributed by atoms with Crippen LogP contribution in [0.15, 0.2) is 38.0 Å². The maximum absolute atomic E-state index is 15.2. The molecule has 1 rings (SSSR count). The van der Waals surface area contributed by atoms with Crippen molar-refractivity contribution in [3.63, 3.8) is 0 Å². The van der Waals surface area contributed by atoms with Gasteiger partial charge < -0.3 is 43.8 Å². The third kappa shape index (κ3) is 15.4. The quantitative estimate of drug-likeness (QED) is 0.0397. The SMILES string of the molecule is C=CC(=O)OCC(COC(=O)C=C)(COC(=O)C=C)COC(=O)CNC1(C)CC(NC(=O)OCC(F)(F)C(C)(C)OC(F)(F)C(F)(F)C(C)(C)OC(F)(F)C(F)(F)C(F)(F)F)CC(C)(C)C1. The second-order valence-electron chi connectivity index (χ2n) is 17.3. The maximum atomic E-state index is 15.2. The first kappa shape index (κ1) is 59.4. The molecule has 1 aliphatic rings. The van der Waals surface area contributed by atoms with Crippen LogP contribution in [-0.2, 0) is 52.3 Å². The van der Waals surface area contributed by atoms with Crippen molar-refractivity contribution in [1.29, 1.82) is 0 Å². The number of amides is 1. The molecular weight excluding hydrogens is 935 g/mol. The van der Waals surface area contributed by atoms with Gasteiger partial charge in [0.15, 0.2) is 6.61 Å². The molecule has 0 spiro atoms. The van der Waals surface area contributed by atoms with Crippen molar-refractivity contribution in [1.82, 2.24) is 10.6 Å². The molecule has 0 radical (unpaired) electrons. The number of carbonyl (C=O) groups is 5. The van der Waals surface area contributed by atoms with E-state index in [1.54, 1.807) is 20.8 Å². The summed E-state index contributed by atoms with van der Waals surface area (Å²) in [4.78, 5) is 61.3. The van der Waals surface area contributed by atoms with E-state index in [-0.39, 0.29) is 26.7 Å². The summed E-state index contributed by atoms with van der Waals surface area (Å²) >= 11 is 0. The number of halogens is 13. The lowest BCUT2D eigenvalue weighted by Crippen LogP contribution is -2.66. The number of nitrogens with one attached hydrogen (secondary N) is 2. The number of ether oxygens (including phenoxy) is 7. The smallest absolute Gasteiger partial charge is 0.462 e. The van der Waals surface area contributed by atoms with Crippen molar-refractivity contribution < 1.29 is 114 Å². The lowest BCUT2D eigenvalue weighted by Gasteiger charge is -2.47. The number of alkyl carbamates (subject to hydrolysis) is 1. The zero-order valence-electron chi connectivity index (χ0n) is 36.6. The molecule has 0 bridgehead atoms. The zero-order chi connectivity index (χ0) is 51.8. The molecule has 0 aromatic heterocycles. The Morgan fingerprint density at radius 2 is 1.00 bits per heavy atom. The fourth-order valence-corrected chi connectivity index (χ4v) is 6.35. The molecule has 1 saturated carbocycles. The van der Waals surface area contributed by atoms with Gasteiger partial charge in [0.05, 0.1) is 6.54 Å². The Kier molecular flexibility index (Phi) is 19.0. The van der Waals surface area contributed by atoms with Crippen LogP contribution in [0.3, 0.4) is 0 Å². The first-order valence-electron chi connectivity index (χ1n) is 19.1. The maximum Gasteiger partial charge on any atom is 0.462 e. The van der Waals surface area contributed by atoms with E-state index in [0.717, 1.165) is 18.2 Å².